The van der Waals surface area contributed by atoms with E-state index in [2.05, 4.69) is 46.4 Å². The van der Waals surface area contributed by atoms with Crippen LogP contribution in [0.25, 0.3) is 0 Å². The topological polar surface area (TPSA) is 12.0 Å². The molecule has 0 atom stereocenters. The molecule has 1 aromatic carbocycles. The Hall–Kier alpha value is -0.510. The molecule has 0 radical (unpaired) electrons. The summed E-state index contributed by atoms with van der Waals surface area (Å²) in [5, 5.41) is 4.11. The van der Waals surface area contributed by atoms with Gasteiger partial charge in [-0.05, 0) is 52.7 Å². The Morgan fingerprint density at radius 1 is 1.31 bits per heavy atom. The molecule has 1 nitrogen and oxygen atoms in total. The fraction of sp³-hybridized carbons (Fsp3) is 0.167. The van der Waals surface area contributed by atoms with Crippen LogP contribution in [-0.2, 0) is 6.54 Å². The summed E-state index contributed by atoms with van der Waals surface area (Å²) in [6.45, 7) is 2.86. The number of thiophene rings is 1. The van der Waals surface area contributed by atoms with Gasteiger partial charge in [0, 0.05) is 11.4 Å². The van der Waals surface area contributed by atoms with Crippen molar-refractivity contribution in [2.75, 3.05) is 5.32 Å². The van der Waals surface area contributed by atoms with E-state index < -0.39 is 0 Å². The van der Waals surface area contributed by atoms with Crippen molar-refractivity contribution in [3.05, 3.63) is 49.6 Å². The minimum Gasteiger partial charge on any atom is -0.379 e. The Balaban J connectivity index is 2.07. The van der Waals surface area contributed by atoms with Crippen LogP contribution >= 0.6 is 38.9 Å². The third-order valence-electron chi connectivity index (χ3n) is 2.20. The molecule has 0 spiro atoms. The molecule has 2 aromatic rings. The molecule has 0 saturated carbocycles. The van der Waals surface area contributed by atoms with Gasteiger partial charge in [-0.3, -0.25) is 0 Å². The van der Waals surface area contributed by atoms with Gasteiger partial charge in [0.1, 0.15) is 0 Å². The summed E-state index contributed by atoms with van der Waals surface area (Å²) in [7, 11) is 0. The lowest BCUT2D eigenvalue weighted by Gasteiger charge is -2.07. The molecule has 1 aromatic heterocycles. The van der Waals surface area contributed by atoms with Crippen molar-refractivity contribution in [1.29, 1.82) is 0 Å². The molecule has 0 aliphatic carbocycles. The summed E-state index contributed by atoms with van der Waals surface area (Å²) in [5.74, 6) is 0. The lowest BCUT2D eigenvalue weighted by atomic mass is 10.2. The van der Waals surface area contributed by atoms with Crippen molar-refractivity contribution < 1.29 is 0 Å². The first-order valence-corrected chi connectivity index (χ1v) is 6.88. The van der Waals surface area contributed by atoms with Gasteiger partial charge in [0.15, 0.2) is 0 Å². The van der Waals surface area contributed by atoms with Crippen molar-refractivity contribution >= 4 is 44.6 Å². The van der Waals surface area contributed by atoms with Crippen LogP contribution in [0.4, 0.5) is 5.69 Å². The lowest BCUT2D eigenvalue weighted by molar-refractivity contribution is 1.19. The summed E-state index contributed by atoms with van der Waals surface area (Å²) in [6.07, 6.45) is 0. The van der Waals surface area contributed by atoms with Crippen molar-refractivity contribution in [3.8, 4) is 0 Å². The van der Waals surface area contributed by atoms with Gasteiger partial charge in [-0.15, -0.1) is 11.3 Å². The van der Waals surface area contributed by atoms with Crippen molar-refractivity contribution in [2.24, 2.45) is 0 Å². The molecule has 2 rings (SSSR count). The molecule has 0 bridgehead atoms. The van der Waals surface area contributed by atoms with E-state index >= 15 is 0 Å². The Morgan fingerprint density at radius 2 is 2.12 bits per heavy atom. The van der Waals surface area contributed by atoms with E-state index in [9.17, 15) is 0 Å². The van der Waals surface area contributed by atoms with Gasteiger partial charge in [0.05, 0.1) is 14.5 Å². The zero-order valence-electron chi connectivity index (χ0n) is 8.76. The van der Waals surface area contributed by atoms with Crippen LogP contribution in [0.15, 0.2) is 34.1 Å². The number of aryl methyl sites for hydroxylation is 1. The molecule has 0 saturated heterocycles. The number of hydrogen-bond donors (Lipinski definition) is 1. The van der Waals surface area contributed by atoms with E-state index in [1.54, 1.807) is 11.3 Å². The zero-order chi connectivity index (χ0) is 11.5. The second-order valence-corrected chi connectivity index (χ2v) is 6.50. The third-order valence-corrected chi connectivity index (χ3v) is 4.16. The van der Waals surface area contributed by atoms with Crippen LogP contribution in [0.2, 0.25) is 5.02 Å². The number of benzene rings is 1. The normalized spacial score (nSPS) is 10.4. The number of nitrogens with one attached hydrogen (secondary N) is 1. The number of anilines is 1. The molecule has 16 heavy (non-hydrogen) atoms. The van der Waals surface area contributed by atoms with Crippen molar-refractivity contribution in [2.45, 2.75) is 13.5 Å². The predicted molar refractivity (Wildman–Crippen MR) is 75.5 cm³/mol. The third kappa shape index (κ3) is 3.00. The van der Waals surface area contributed by atoms with E-state index in [1.165, 1.54) is 10.4 Å². The Kier molecular flexibility index (Phi) is 3.90. The number of halogens is 2. The van der Waals surface area contributed by atoms with Gasteiger partial charge in [0.25, 0.3) is 0 Å². The highest BCUT2D eigenvalue weighted by atomic mass is 79.9. The van der Waals surface area contributed by atoms with Crippen molar-refractivity contribution in [3.63, 3.8) is 0 Å². The molecule has 1 N–H and O–H groups in total. The predicted octanol–water partition coefficient (Wildman–Crippen LogP) is 5.08. The molecular formula is C12H11BrClNS. The lowest BCUT2D eigenvalue weighted by Crippen LogP contribution is -1.98. The van der Waals surface area contributed by atoms with E-state index in [0.29, 0.717) is 0 Å². The molecular weight excluding hydrogens is 306 g/mol. The molecule has 84 valence electrons. The summed E-state index contributed by atoms with van der Waals surface area (Å²) < 4.78 is 1.15. The van der Waals surface area contributed by atoms with Gasteiger partial charge >= 0.3 is 0 Å². The van der Waals surface area contributed by atoms with Gasteiger partial charge in [-0.2, -0.15) is 0 Å². The first-order valence-electron chi connectivity index (χ1n) is 4.89. The van der Waals surface area contributed by atoms with Crippen LogP contribution in [0.5, 0.6) is 0 Å². The van der Waals surface area contributed by atoms with Crippen LogP contribution in [0.1, 0.15) is 10.4 Å². The average molecular weight is 317 g/mol. The van der Waals surface area contributed by atoms with Gasteiger partial charge in [0.2, 0.25) is 0 Å². The molecule has 0 unspecified atom stereocenters. The SMILES string of the molecule is Cc1ccc(Cl)c(NCc2ccc(Br)s2)c1. The summed E-state index contributed by atoms with van der Waals surface area (Å²) in [5.41, 5.74) is 2.20. The van der Waals surface area contributed by atoms with Crippen LogP contribution < -0.4 is 5.32 Å². The smallest absolute Gasteiger partial charge is 0.0702 e. The summed E-state index contributed by atoms with van der Waals surface area (Å²) in [6, 6.07) is 10.1. The maximum absolute atomic E-state index is 6.10. The highest BCUT2D eigenvalue weighted by molar-refractivity contribution is 9.11. The van der Waals surface area contributed by atoms with Crippen LogP contribution in [0.3, 0.4) is 0 Å². The molecule has 0 amide bonds. The minimum absolute atomic E-state index is 0.765. The highest BCUT2D eigenvalue weighted by Crippen LogP contribution is 2.26. The van der Waals surface area contributed by atoms with Gasteiger partial charge in [-0.25, -0.2) is 0 Å². The molecule has 4 heteroatoms. The van der Waals surface area contributed by atoms with E-state index in [4.69, 9.17) is 11.6 Å². The number of hydrogen-bond acceptors (Lipinski definition) is 2. The fourth-order valence-corrected chi connectivity index (χ4v) is 3.01. The first kappa shape index (κ1) is 12.0. The van der Waals surface area contributed by atoms with E-state index in [0.717, 1.165) is 21.0 Å². The van der Waals surface area contributed by atoms with Crippen LogP contribution in [0, 0.1) is 6.92 Å². The van der Waals surface area contributed by atoms with E-state index in [-0.39, 0.29) is 0 Å². The fourth-order valence-electron chi connectivity index (χ4n) is 1.40. The first-order chi connectivity index (χ1) is 7.65. The Bertz CT molecular complexity index is 496. The Labute approximate surface area is 113 Å². The molecule has 0 aliphatic rings. The Morgan fingerprint density at radius 3 is 2.81 bits per heavy atom. The van der Waals surface area contributed by atoms with Gasteiger partial charge < -0.3 is 5.32 Å². The van der Waals surface area contributed by atoms with E-state index in [1.807, 2.05) is 12.1 Å². The number of rotatable bonds is 3. The molecule has 0 fully saturated rings. The quantitative estimate of drug-likeness (QED) is 0.832. The standard InChI is InChI=1S/C12H11BrClNS/c1-8-2-4-10(14)11(6-8)15-7-9-3-5-12(13)16-9/h2-6,15H,7H2,1H3. The molecule has 0 aliphatic heterocycles. The second kappa shape index (κ2) is 5.21. The minimum atomic E-state index is 0.765. The summed E-state index contributed by atoms with van der Waals surface area (Å²) in [4.78, 5) is 1.28. The highest BCUT2D eigenvalue weighted by Gasteiger charge is 2.01. The maximum Gasteiger partial charge on any atom is 0.0702 e. The van der Waals surface area contributed by atoms with Crippen molar-refractivity contribution in [1.82, 2.24) is 0 Å². The van der Waals surface area contributed by atoms with Crippen LogP contribution in [-0.4, -0.2) is 0 Å². The zero-order valence-corrected chi connectivity index (χ0v) is 11.9. The average Bonchev–Trinajstić information content (AvgIpc) is 2.66. The summed E-state index contributed by atoms with van der Waals surface area (Å²) >= 11 is 11.3. The maximum atomic E-state index is 6.10. The largest absolute Gasteiger partial charge is 0.379 e. The molecule has 1 heterocycles. The monoisotopic (exact) mass is 315 g/mol. The van der Waals surface area contributed by atoms with Gasteiger partial charge in [-0.1, -0.05) is 17.7 Å². The second-order valence-electron chi connectivity index (χ2n) is 3.54.